The molecular formula is C19H15IN2O6. The maximum atomic E-state index is 12.9. The van der Waals surface area contributed by atoms with Gasteiger partial charge in [0.15, 0.2) is 11.5 Å². The van der Waals surface area contributed by atoms with Crippen molar-refractivity contribution in [3.8, 4) is 17.2 Å². The van der Waals surface area contributed by atoms with Crippen LogP contribution in [0.15, 0.2) is 42.0 Å². The van der Waals surface area contributed by atoms with E-state index in [1.54, 1.807) is 24.3 Å². The molecule has 2 aromatic carbocycles. The van der Waals surface area contributed by atoms with Crippen molar-refractivity contribution in [2.24, 2.45) is 0 Å². The lowest BCUT2D eigenvalue weighted by Crippen LogP contribution is -2.54. The highest BCUT2D eigenvalue weighted by Gasteiger charge is 2.37. The summed E-state index contributed by atoms with van der Waals surface area (Å²) < 4.78 is 10.7. The SMILES string of the molecule is COc1cccc(N2C(=O)NC(=O)/C(=C/c3cc(I)c(O)c(OC)c3)C2=O)c1. The smallest absolute Gasteiger partial charge is 0.335 e. The number of ether oxygens (including phenoxy) is 2. The van der Waals surface area contributed by atoms with Gasteiger partial charge in [-0.1, -0.05) is 6.07 Å². The van der Waals surface area contributed by atoms with E-state index in [4.69, 9.17) is 9.47 Å². The van der Waals surface area contributed by atoms with Crippen LogP contribution in [0, 0.1) is 3.57 Å². The summed E-state index contributed by atoms with van der Waals surface area (Å²) in [4.78, 5) is 38.3. The third-order valence-electron chi connectivity index (χ3n) is 3.99. The van der Waals surface area contributed by atoms with Crippen molar-refractivity contribution < 1.29 is 29.0 Å². The number of imide groups is 2. The Labute approximate surface area is 173 Å². The van der Waals surface area contributed by atoms with Crippen LogP contribution in [-0.4, -0.2) is 37.2 Å². The Morgan fingerprint density at radius 1 is 1.11 bits per heavy atom. The molecule has 144 valence electrons. The number of barbiturate groups is 1. The molecule has 1 fully saturated rings. The van der Waals surface area contributed by atoms with Gasteiger partial charge in [-0.2, -0.15) is 0 Å². The van der Waals surface area contributed by atoms with Crippen LogP contribution in [0.5, 0.6) is 17.2 Å². The number of carbonyl (C=O) groups excluding carboxylic acids is 3. The molecule has 9 heteroatoms. The molecule has 0 atom stereocenters. The Morgan fingerprint density at radius 2 is 1.86 bits per heavy atom. The lowest BCUT2D eigenvalue weighted by Gasteiger charge is -2.26. The molecule has 0 aliphatic carbocycles. The molecule has 1 aliphatic heterocycles. The highest BCUT2D eigenvalue weighted by molar-refractivity contribution is 14.1. The first-order valence-corrected chi connectivity index (χ1v) is 9.05. The lowest BCUT2D eigenvalue weighted by atomic mass is 10.1. The summed E-state index contributed by atoms with van der Waals surface area (Å²) in [5.41, 5.74) is 0.488. The third kappa shape index (κ3) is 3.65. The molecule has 0 saturated carbocycles. The number of benzene rings is 2. The second-order valence-corrected chi connectivity index (χ2v) is 6.88. The molecule has 0 spiro atoms. The average molecular weight is 494 g/mol. The molecule has 1 aliphatic rings. The Kier molecular flexibility index (Phi) is 5.54. The summed E-state index contributed by atoms with van der Waals surface area (Å²) in [6.45, 7) is 0. The molecule has 0 bridgehead atoms. The Balaban J connectivity index is 2.05. The molecule has 0 aromatic heterocycles. The van der Waals surface area contributed by atoms with Crippen molar-refractivity contribution in [1.29, 1.82) is 0 Å². The van der Waals surface area contributed by atoms with E-state index >= 15 is 0 Å². The first-order chi connectivity index (χ1) is 13.3. The molecule has 2 aromatic rings. The second-order valence-electron chi connectivity index (χ2n) is 5.71. The van der Waals surface area contributed by atoms with Gasteiger partial charge in [-0.25, -0.2) is 9.69 Å². The topological polar surface area (TPSA) is 105 Å². The lowest BCUT2D eigenvalue weighted by molar-refractivity contribution is -0.122. The monoisotopic (exact) mass is 494 g/mol. The van der Waals surface area contributed by atoms with E-state index in [-0.39, 0.29) is 22.8 Å². The number of carbonyl (C=O) groups is 3. The molecule has 28 heavy (non-hydrogen) atoms. The van der Waals surface area contributed by atoms with Gasteiger partial charge < -0.3 is 14.6 Å². The normalized spacial score (nSPS) is 15.6. The largest absolute Gasteiger partial charge is 0.504 e. The van der Waals surface area contributed by atoms with E-state index in [9.17, 15) is 19.5 Å². The zero-order valence-electron chi connectivity index (χ0n) is 14.9. The van der Waals surface area contributed by atoms with Crippen LogP contribution in [0.1, 0.15) is 5.56 Å². The predicted octanol–water partition coefficient (Wildman–Crippen LogP) is 2.68. The summed E-state index contributed by atoms with van der Waals surface area (Å²) in [5, 5.41) is 12.1. The Bertz CT molecular complexity index is 1020. The molecule has 0 unspecified atom stereocenters. The van der Waals surface area contributed by atoms with E-state index in [2.05, 4.69) is 5.32 Å². The number of aromatic hydroxyl groups is 1. The van der Waals surface area contributed by atoms with Gasteiger partial charge in [0.1, 0.15) is 11.3 Å². The van der Waals surface area contributed by atoms with Crippen LogP contribution < -0.4 is 19.7 Å². The number of nitrogens with one attached hydrogen (secondary N) is 1. The summed E-state index contributed by atoms with van der Waals surface area (Å²) in [5.74, 6) is -0.973. The number of phenols is 1. The third-order valence-corrected chi connectivity index (χ3v) is 4.82. The van der Waals surface area contributed by atoms with Crippen molar-refractivity contribution in [3.63, 3.8) is 0 Å². The number of rotatable bonds is 4. The minimum absolute atomic E-state index is 0.0437. The van der Waals surface area contributed by atoms with Crippen LogP contribution in [0.25, 0.3) is 6.08 Å². The summed E-state index contributed by atoms with van der Waals surface area (Å²) in [6.07, 6.45) is 1.33. The first-order valence-electron chi connectivity index (χ1n) is 7.97. The molecule has 0 radical (unpaired) electrons. The fourth-order valence-corrected chi connectivity index (χ4v) is 3.27. The van der Waals surface area contributed by atoms with Crippen molar-refractivity contribution in [2.45, 2.75) is 0 Å². The number of anilines is 1. The van der Waals surface area contributed by atoms with Crippen molar-refractivity contribution in [3.05, 3.63) is 51.1 Å². The van der Waals surface area contributed by atoms with Crippen molar-refractivity contribution in [1.82, 2.24) is 5.32 Å². The fourth-order valence-electron chi connectivity index (χ4n) is 2.64. The molecule has 1 heterocycles. The minimum Gasteiger partial charge on any atom is -0.504 e. The van der Waals surface area contributed by atoms with Crippen LogP contribution in [-0.2, 0) is 9.59 Å². The summed E-state index contributed by atoms with van der Waals surface area (Å²) >= 11 is 1.90. The summed E-state index contributed by atoms with van der Waals surface area (Å²) in [6, 6.07) is 8.58. The number of phenolic OH excluding ortho intramolecular Hbond substituents is 1. The maximum Gasteiger partial charge on any atom is 0.335 e. The van der Waals surface area contributed by atoms with E-state index in [0.29, 0.717) is 14.9 Å². The van der Waals surface area contributed by atoms with Crippen molar-refractivity contribution >= 4 is 52.2 Å². The predicted molar refractivity (Wildman–Crippen MR) is 109 cm³/mol. The number of urea groups is 1. The Morgan fingerprint density at radius 3 is 2.54 bits per heavy atom. The van der Waals surface area contributed by atoms with Gasteiger partial charge in [0, 0.05) is 6.07 Å². The molecule has 1 saturated heterocycles. The quantitative estimate of drug-likeness (QED) is 0.385. The zero-order valence-corrected chi connectivity index (χ0v) is 17.0. The average Bonchev–Trinajstić information content (AvgIpc) is 2.67. The van der Waals surface area contributed by atoms with E-state index in [0.717, 1.165) is 4.90 Å². The molecule has 2 N–H and O–H groups in total. The fraction of sp³-hybridized carbons (Fsp3) is 0.105. The van der Waals surface area contributed by atoms with Gasteiger partial charge in [-0.15, -0.1) is 0 Å². The zero-order chi connectivity index (χ0) is 20.4. The number of hydrogen-bond donors (Lipinski definition) is 2. The number of nitrogens with zero attached hydrogens (tertiary/aromatic N) is 1. The van der Waals surface area contributed by atoms with E-state index < -0.39 is 17.8 Å². The highest BCUT2D eigenvalue weighted by Crippen LogP contribution is 2.33. The first kappa shape index (κ1) is 19.7. The Hall–Kier alpha value is -3.08. The van der Waals surface area contributed by atoms with Crippen molar-refractivity contribution in [2.75, 3.05) is 19.1 Å². The standard InChI is InChI=1S/C19H15IN2O6/c1-27-12-5-3-4-11(9-12)22-18(25)13(17(24)21-19(22)26)6-10-7-14(20)16(23)15(8-10)28-2/h3-9,23H,1-2H3,(H,21,24,26)/b13-6-. The molecular weight excluding hydrogens is 479 g/mol. The molecule has 8 nitrogen and oxygen atoms in total. The van der Waals surface area contributed by atoms with Gasteiger partial charge in [0.2, 0.25) is 0 Å². The van der Waals surface area contributed by atoms with Crippen LogP contribution >= 0.6 is 22.6 Å². The number of methoxy groups -OCH3 is 2. The van der Waals surface area contributed by atoms with Gasteiger partial charge >= 0.3 is 6.03 Å². The van der Waals surface area contributed by atoms with E-state index in [1.165, 1.54) is 32.4 Å². The number of amides is 4. The van der Waals surface area contributed by atoms with Gasteiger partial charge in [-0.05, 0) is 58.5 Å². The number of halogens is 1. The maximum absolute atomic E-state index is 12.9. The molecule has 3 rings (SSSR count). The highest BCUT2D eigenvalue weighted by atomic mass is 127. The van der Waals surface area contributed by atoms with Crippen LogP contribution in [0.3, 0.4) is 0 Å². The van der Waals surface area contributed by atoms with Gasteiger partial charge in [0.05, 0.1) is 23.5 Å². The van der Waals surface area contributed by atoms with E-state index in [1.807, 2.05) is 22.6 Å². The summed E-state index contributed by atoms with van der Waals surface area (Å²) in [7, 11) is 2.86. The second kappa shape index (κ2) is 7.89. The molecule has 4 amide bonds. The van der Waals surface area contributed by atoms with Gasteiger partial charge in [-0.3, -0.25) is 14.9 Å². The number of hydrogen-bond acceptors (Lipinski definition) is 6. The van der Waals surface area contributed by atoms with Gasteiger partial charge in [0.25, 0.3) is 11.8 Å². The van der Waals surface area contributed by atoms with Crippen LogP contribution in [0.2, 0.25) is 0 Å². The van der Waals surface area contributed by atoms with Crippen LogP contribution in [0.4, 0.5) is 10.5 Å². The minimum atomic E-state index is -0.849.